The van der Waals surface area contributed by atoms with Gasteiger partial charge in [0, 0.05) is 13.2 Å². The van der Waals surface area contributed by atoms with Crippen molar-refractivity contribution in [2.24, 2.45) is 0 Å². The van der Waals surface area contributed by atoms with E-state index in [1.165, 1.54) is 7.11 Å². The van der Waals surface area contributed by atoms with E-state index in [2.05, 4.69) is 16.1 Å². The largest absolute Gasteiger partial charge is 0.433 e. The van der Waals surface area contributed by atoms with Crippen LogP contribution in [0.3, 0.4) is 0 Å². The molecule has 0 fully saturated rings. The summed E-state index contributed by atoms with van der Waals surface area (Å²) in [6.07, 6.45) is -0.351. The van der Waals surface area contributed by atoms with Gasteiger partial charge in [-0.1, -0.05) is 6.58 Å². The minimum atomic E-state index is -0.954. The van der Waals surface area contributed by atoms with E-state index in [0.717, 1.165) is 6.08 Å². The molecule has 0 saturated heterocycles. The van der Waals surface area contributed by atoms with Gasteiger partial charge in [0.2, 0.25) is 0 Å². The van der Waals surface area contributed by atoms with Crippen molar-refractivity contribution in [2.45, 2.75) is 19.3 Å². The molecular weight excluding hydrogens is 204 g/mol. The van der Waals surface area contributed by atoms with Crippen molar-refractivity contribution in [1.82, 2.24) is 0 Å². The minimum absolute atomic E-state index is 0.365. The number of carbonyl (C=O) groups is 1. The van der Waals surface area contributed by atoms with Crippen LogP contribution in [0.5, 0.6) is 0 Å². The lowest BCUT2D eigenvalue weighted by atomic mass is 10.4. The molecule has 0 aromatic carbocycles. The maximum absolute atomic E-state index is 10.4. The second-order valence-corrected chi connectivity index (χ2v) is 2.46. The van der Waals surface area contributed by atoms with E-state index in [1.807, 2.05) is 0 Å². The highest BCUT2D eigenvalue weighted by Gasteiger charge is 2.01. The summed E-state index contributed by atoms with van der Waals surface area (Å²) in [5, 5.41) is 24.0. The van der Waals surface area contributed by atoms with Crippen LogP contribution in [0.4, 0.5) is 0 Å². The molecule has 3 N–H and O–H groups in total. The van der Waals surface area contributed by atoms with E-state index < -0.39 is 18.4 Å². The quantitative estimate of drug-likeness (QED) is 0.315. The number of hydrogen-bond donors (Lipinski definition) is 3. The van der Waals surface area contributed by atoms with Crippen molar-refractivity contribution in [3.8, 4) is 0 Å². The Morgan fingerprint density at radius 1 is 1.47 bits per heavy atom. The summed E-state index contributed by atoms with van der Waals surface area (Å²) >= 11 is 0. The van der Waals surface area contributed by atoms with Crippen LogP contribution in [0.15, 0.2) is 12.7 Å². The van der Waals surface area contributed by atoms with Crippen molar-refractivity contribution >= 4 is 5.97 Å². The number of methoxy groups -OCH3 is 1. The topological polar surface area (TPSA) is 96.2 Å². The Kier molecular flexibility index (Phi) is 12.2. The van der Waals surface area contributed by atoms with Gasteiger partial charge in [-0.15, -0.1) is 0 Å². The van der Waals surface area contributed by atoms with Gasteiger partial charge in [-0.25, -0.2) is 4.79 Å². The molecule has 15 heavy (non-hydrogen) atoms. The summed E-state index contributed by atoms with van der Waals surface area (Å²) in [7, 11) is 1.46. The van der Waals surface area contributed by atoms with Gasteiger partial charge in [-0.05, 0) is 6.92 Å². The van der Waals surface area contributed by atoms with Crippen molar-refractivity contribution in [3.63, 3.8) is 0 Å². The molecule has 0 radical (unpaired) electrons. The van der Waals surface area contributed by atoms with Crippen molar-refractivity contribution in [2.75, 3.05) is 20.3 Å². The summed E-state index contributed by atoms with van der Waals surface area (Å²) in [5.41, 5.74) is 0. The van der Waals surface area contributed by atoms with E-state index in [-0.39, 0.29) is 13.2 Å². The van der Waals surface area contributed by atoms with E-state index in [0.29, 0.717) is 0 Å². The Bertz CT molecular complexity index is 166. The first-order valence-electron chi connectivity index (χ1n) is 4.27. The third kappa shape index (κ3) is 13.1. The molecule has 1 atom stereocenters. The fraction of sp³-hybridized carbons (Fsp3) is 0.667. The van der Waals surface area contributed by atoms with Crippen molar-refractivity contribution < 1.29 is 29.6 Å². The summed E-state index contributed by atoms with van der Waals surface area (Å²) in [6.45, 7) is 4.12. The molecule has 0 bridgehead atoms. The molecule has 6 heteroatoms. The molecule has 6 nitrogen and oxygen atoms in total. The van der Waals surface area contributed by atoms with Crippen LogP contribution in [-0.2, 0) is 14.3 Å². The third-order valence-electron chi connectivity index (χ3n) is 1.20. The first-order valence-corrected chi connectivity index (χ1v) is 4.27. The van der Waals surface area contributed by atoms with Gasteiger partial charge in [-0.2, -0.15) is 0 Å². The zero-order chi connectivity index (χ0) is 12.3. The standard InChI is InChI=1S/C6H10O3.C3H8O3/c1-4-6(7)9-5(2)8-3;4-1-3(6)2-5/h4-5H,1H2,2-3H3;3-6H,1-2H2. The van der Waals surface area contributed by atoms with Crippen LogP contribution >= 0.6 is 0 Å². The third-order valence-corrected chi connectivity index (χ3v) is 1.20. The predicted octanol–water partition coefficient (Wildman–Crippen LogP) is -0.960. The van der Waals surface area contributed by atoms with Gasteiger partial charge in [0.05, 0.1) is 13.2 Å². The van der Waals surface area contributed by atoms with E-state index in [9.17, 15) is 4.79 Å². The first kappa shape index (κ1) is 16.5. The van der Waals surface area contributed by atoms with Crippen LogP contribution < -0.4 is 0 Å². The van der Waals surface area contributed by atoms with Gasteiger partial charge in [-0.3, -0.25) is 0 Å². The number of esters is 1. The van der Waals surface area contributed by atoms with Crippen LogP contribution in [0.25, 0.3) is 0 Å². The highest BCUT2D eigenvalue weighted by molar-refractivity contribution is 5.81. The summed E-state index contributed by atoms with van der Waals surface area (Å²) < 4.78 is 9.20. The average molecular weight is 222 g/mol. The lowest BCUT2D eigenvalue weighted by Gasteiger charge is -2.07. The van der Waals surface area contributed by atoms with Gasteiger partial charge in [0.15, 0.2) is 6.29 Å². The second-order valence-electron chi connectivity index (χ2n) is 2.46. The summed E-state index contributed by atoms with van der Waals surface area (Å²) in [6, 6.07) is 0. The SMILES string of the molecule is C=CC(=O)OC(C)OC.OCC(O)CO. The number of ether oxygens (including phenoxy) is 2. The molecule has 0 amide bonds. The first-order chi connectivity index (χ1) is 7.01. The molecule has 1 unspecified atom stereocenters. The molecule has 0 heterocycles. The van der Waals surface area contributed by atoms with Gasteiger partial charge in [0.1, 0.15) is 6.10 Å². The Labute approximate surface area is 88.7 Å². The van der Waals surface area contributed by atoms with E-state index >= 15 is 0 Å². The highest BCUT2D eigenvalue weighted by atomic mass is 16.7. The molecule has 90 valence electrons. The van der Waals surface area contributed by atoms with Gasteiger partial charge in [0.25, 0.3) is 0 Å². The smallest absolute Gasteiger partial charge is 0.332 e. The average Bonchev–Trinajstić information content (AvgIpc) is 2.28. The normalized spacial score (nSPS) is 11.3. The predicted molar refractivity (Wildman–Crippen MR) is 52.9 cm³/mol. The Morgan fingerprint density at radius 3 is 2.13 bits per heavy atom. The Balaban J connectivity index is 0. The number of carbonyl (C=O) groups excluding carboxylic acids is 1. The Hall–Kier alpha value is -0.950. The molecule has 0 aliphatic heterocycles. The summed E-state index contributed by atoms with van der Waals surface area (Å²) in [5.74, 6) is -0.468. The highest BCUT2D eigenvalue weighted by Crippen LogP contribution is 1.90. The maximum Gasteiger partial charge on any atom is 0.332 e. The molecule has 0 aliphatic rings. The van der Waals surface area contributed by atoms with Gasteiger partial charge >= 0.3 is 5.97 Å². The second kappa shape index (κ2) is 11.1. The van der Waals surface area contributed by atoms with Crippen molar-refractivity contribution in [3.05, 3.63) is 12.7 Å². The number of rotatable bonds is 5. The Morgan fingerprint density at radius 2 is 1.93 bits per heavy atom. The number of hydrogen-bond acceptors (Lipinski definition) is 6. The van der Waals surface area contributed by atoms with E-state index in [1.54, 1.807) is 6.92 Å². The number of aliphatic hydroxyl groups is 3. The fourth-order valence-corrected chi connectivity index (χ4v) is 0.318. The molecular formula is C9H18O6. The lowest BCUT2D eigenvalue weighted by molar-refractivity contribution is -0.163. The number of aliphatic hydroxyl groups excluding tert-OH is 3. The maximum atomic E-state index is 10.4. The van der Waals surface area contributed by atoms with Crippen LogP contribution in [0, 0.1) is 0 Å². The monoisotopic (exact) mass is 222 g/mol. The molecule has 0 aromatic rings. The van der Waals surface area contributed by atoms with E-state index in [4.69, 9.17) is 15.3 Å². The van der Waals surface area contributed by atoms with Crippen LogP contribution in [-0.4, -0.2) is 54.0 Å². The fourth-order valence-electron chi connectivity index (χ4n) is 0.318. The van der Waals surface area contributed by atoms with Crippen LogP contribution in [0.1, 0.15) is 6.92 Å². The molecule has 0 aromatic heterocycles. The molecule has 0 saturated carbocycles. The molecule has 0 aliphatic carbocycles. The molecule has 0 rings (SSSR count). The van der Waals surface area contributed by atoms with Crippen molar-refractivity contribution in [1.29, 1.82) is 0 Å². The minimum Gasteiger partial charge on any atom is -0.433 e. The lowest BCUT2D eigenvalue weighted by Crippen LogP contribution is -2.15. The van der Waals surface area contributed by atoms with Crippen LogP contribution in [0.2, 0.25) is 0 Å². The van der Waals surface area contributed by atoms with Gasteiger partial charge < -0.3 is 24.8 Å². The zero-order valence-corrected chi connectivity index (χ0v) is 8.92. The summed E-state index contributed by atoms with van der Waals surface area (Å²) in [4.78, 5) is 10.4. The zero-order valence-electron chi connectivity index (χ0n) is 8.92. The molecule has 0 spiro atoms.